The Hall–Kier alpha value is -1.16. The van der Waals surface area contributed by atoms with Crippen molar-refractivity contribution >= 4 is 5.82 Å². The minimum atomic E-state index is -0.268. The highest BCUT2D eigenvalue weighted by Crippen LogP contribution is 2.40. The van der Waals surface area contributed by atoms with Crippen LogP contribution in [0.15, 0.2) is 6.07 Å². The first kappa shape index (κ1) is 16.2. The quantitative estimate of drug-likeness (QED) is 0.827. The number of aromatic nitrogens is 2. The Kier molecular flexibility index (Phi) is 5.57. The molecule has 4 heteroatoms. The molecule has 1 heterocycles. The van der Waals surface area contributed by atoms with Gasteiger partial charge in [-0.25, -0.2) is 9.97 Å². The fourth-order valence-electron chi connectivity index (χ4n) is 3.03. The van der Waals surface area contributed by atoms with Crippen LogP contribution in [-0.4, -0.2) is 23.6 Å². The minimum absolute atomic E-state index is 0.268. The Balaban J connectivity index is 2.33. The lowest BCUT2D eigenvalue weighted by atomic mass is 10.00. The molecule has 0 atom stereocenters. The molecule has 118 valence electrons. The van der Waals surface area contributed by atoms with Crippen LogP contribution in [-0.2, 0) is 16.8 Å². The van der Waals surface area contributed by atoms with Gasteiger partial charge in [0.25, 0.3) is 0 Å². The molecule has 0 unspecified atom stereocenters. The van der Waals surface area contributed by atoms with E-state index in [9.17, 15) is 0 Å². The molecule has 0 saturated heterocycles. The summed E-state index contributed by atoms with van der Waals surface area (Å²) < 4.78 is 5.85. The molecule has 0 spiro atoms. The molecule has 21 heavy (non-hydrogen) atoms. The van der Waals surface area contributed by atoms with Crippen molar-refractivity contribution in [2.24, 2.45) is 5.92 Å². The van der Waals surface area contributed by atoms with E-state index in [0.717, 1.165) is 49.6 Å². The summed E-state index contributed by atoms with van der Waals surface area (Å²) in [6, 6.07) is 2.09. The standard InChI is InChI=1S/C17H29N3O/c1-5-10-18-15-12-14(11-13(2)3)19-16(20-15)17(21-4)8-6-7-9-17/h12-13H,5-11H2,1-4H3,(H,18,19,20). The second-order valence-corrected chi connectivity index (χ2v) is 6.50. The van der Waals surface area contributed by atoms with E-state index in [0.29, 0.717) is 5.92 Å². The highest BCUT2D eigenvalue weighted by molar-refractivity contribution is 5.37. The number of nitrogens with one attached hydrogen (secondary N) is 1. The van der Waals surface area contributed by atoms with Crippen molar-refractivity contribution in [2.45, 2.75) is 64.9 Å². The number of hydrogen-bond acceptors (Lipinski definition) is 4. The summed E-state index contributed by atoms with van der Waals surface area (Å²) in [5.74, 6) is 2.41. The van der Waals surface area contributed by atoms with Gasteiger partial charge in [-0.15, -0.1) is 0 Å². The summed E-state index contributed by atoms with van der Waals surface area (Å²) in [5, 5.41) is 3.41. The normalized spacial score (nSPS) is 17.4. The summed E-state index contributed by atoms with van der Waals surface area (Å²) >= 11 is 0. The van der Waals surface area contributed by atoms with Gasteiger partial charge in [0.15, 0.2) is 5.82 Å². The first-order valence-corrected chi connectivity index (χ1v) is 8.27. The molecule has 1 aliphatic rings. The van der Waals surface area contributed by atoms with Crippen LogP contribution in [0.25, 0.3) is 0 Å². The molecule has 0 amide bonds. The smallest absolute Gasteiger partial charge is 0.162 e. The molecule has 1 aromatic heterocycles. The van der Waals surface area contributed by atoms with Gasteiger partial charge in [0, 0.05) is 25.4 Å². The highest BCUT2D eigenvalue weighted by atomic mass is 16.5. The Morgan fingerprint density at radius 2 is 2.00 bits per heavy atom. The van der Waals surface area contributed by atoms with E-state index in [4.69, 9.17) is 14.7 Å². The van der Waals surface area contributed by atoms with E-state index in [2.05, 4.69) is 32.2 Å². The van der Waals surface area contributed by atoms with Crippen LogP contribution < -0.4 is 5.32 Å². The zero-order valence-corrected chi connectivity index (χ0v) is 13.9. The van der Waals surface area contributed by atoms with Crippen molar-refractivity contribution in [3.8, 4) is 0 Å². The van der Waals surface area contributed by atoms with Crippen LogP contribution in [0, 0.1) is 5.92 Å². The average Bonchev–Trinajstić information content (AvgIpc) is 2.94. The molecule has 0 radical (unpaired) electrons. The molecule has 0 bridgehead atoms. The monoisotopic (exact) mass is 291 g/mol. The molecule has 1 N–H and O–H groups in total. The van der Waals surface area contributed by atoms with Gasteiger partial charge in [0.05, 0.1) is 0 Å². The van der Waals surface area contributed by atoms with E-state index in [1.54, 1.807) is 7.11 Å². The van der Waals surface area contributed by atoms with Crippen molar-refractivity contribution in [3.05, 3.63) is 17.6 Å². The topological polar surface area (TPSA) is 47.0 Å². The molecule has 1 fully saturated rings. The van der Waals surface area contributed by atoms with Crippen molar-refractivity contribution < 1.29 is 4.74 Å². The van der Waals surface area contributed by atoms with E-state index in [1.165, 1.54) is 12.8 Å². The Bertz CT molecular complexity index is 453. The van der Waals surface area contributed by atoms with Gasteiger partial charge < -0.3 is 10.1 Å². The largest absolute Gasteiger partial charge is 0.370 e. The van der Waals surface area contributed by atoms with E-state index < -0.39 is 0 Å². The summed E-state index contributed by atoms with van der Waals surface area (Å²) in [4.78, 5) is 9.59. The average molecular weight is 291 g/mol. The molecule has 2 rings (SSSR count). The molecule has 1 saturated carbocycles. The van der Waals surface area contributed by atoms with Crippen molar-refractivity contribution in [2.75, 3.05) is 19.0 Å². The molecular formula is C17H29N3O. The minimum Gasteiger partial charge on any atom is -0.370 e. The maximum atomic E-state index is 5.85. The SMILES string of the molecule is CCCNc1cc(CC(C)C)nc(C2(OC)CCCC2)n1. The van der Waals surface area contributed by atoms with Crippen LogP contribution in [0.4, 0.5) is 5.82 Å². The van der Waals surface area contributed by atoms with Crippen molar-refractivity contribution in [1.82, 2.24) is 9.97 Å². The van der Waals surface area contributed by atoms with Gasteiger partial charge >= 0.3 is 0 Å². The number of nitrogens with zero attached hydrogens (tertiary/aromatic N) is 2. The third-order valence-corrected chi connectivity index (χ3v) is 4.16. The van der Waals surface area contributed by atoms with Gasteiger partial charge in [0.2, 0.25) is 0 Å². The maximum absolute atomic E-state index is 5.85. The summed E-state index contributed by atoms with van der Waals surface area (Å²) in [6.45, 7) is 7.56. The van der Waals surface area contributed by atoms with Gasteiger partial charge in [-0.2, -0.15) is 0 Å². The number of methoxy groups -OCH3 is 1. The lowest BCUT2D eigenvalue weighted by Gasteiger charge is -2.26. The zero-order chi connectivity index (χ0) is 15.3. The summed E-state index contributed by atoms with van der Waals surface area (Å²) in [7, 11) is 1.79. The molecule has 1 aromatic rings. The Labute approximate surface area is 128 Å². The lowest BCUT2D eigenvalue weighted by Crippen LogP contribution is -2.28. The maximum Gasteiger partial charge on any atom is 0.162 e. The van der Waals surface area contributed by atoms with Crippen LogP contribution in [0.1, 0.15) is 64.4 Å². The van der Waals surface area contributed by atoms with Gasteiger partial charge in [0.1, 0.15) is 11.4 Å². The van der Waals surface area contributed by atoms with Crippen LogP contribution in [0.2, 0.25) is 0 Å². The Morgan fingerprint density at radius 3 is 2.57 bits per heavy atom. The molecule has 4 nitrogen and oxygen atoms in total. The second kappa shape index (κ2) is 7.21. The van der Waals surface area contributed by atoms with E-state index >= 15 is 0 Å². The highest BCUT2D eigenvalue weighted by Gasteiger charge is 2.39. The number of rotatable bonds is 7. The van der Waals surface area contributed by atoms with E-state index in [1.807, 2.05) is 0 Å². The predicted octanol–water partition coefficient (Wildman–Crippen LogP) is 3.91. The number of hydrogen-bond donors (Lipinski definition) is 1. The van der Waals surface area contributed by atoms with Crippen LogP contribution in [0.5, 0.6) is 0 Å². The molecule has 0 aliphatic heterocycles. The number of anilines is 1. The summed E-state index contributed by atoms with van der Waals surface area (Å²) in [6.07, 6.45) is 6.53. The molecule has 1 aliphatic carbocycles. The summed E-state index contributed by atoms with van der Waals surface area (Å²) in [5.41, 5.74) is 0.854. The van der Waals surface area contributed by atoms with Crippen LogP contribution in [0.3, 0.4) is 0 Å². The predicted molar refractivity (Wildman–Crippen MR) is 86.5 cm³/mol. The fourth-order valence-corrected chi connectivity index (χ4v) is 3.03. The lowest BCUT2D eigenvalue weighted by molar-refractivity contribution is -0.0163. The first-order valence-electron chi connectivity index (χ1n) is 8.27. The van der Waals surface area contributed by atoms with Crippen molar-refractivity contribution in [1.29, 1.82) is 0 Å². The third kappa shape index (κ3) is 3.94. The number of ether oxygens (including phenoxy) is 1. The first-order chi connectivity index (χ1) is 10.1. The fraction of sp³-hybridized carbons (Fsp3) is 0.765. The van der Waals surface area contributed by atoms with Gasteiger partial charge in [-0.1, -0.05) is 20.8 Å². The second-order valence-electron chi connectivity index (χ2n) is 6.50. The van der Waals surface area contributed by atoms with Crippen LogP contribution >= 0.6 is 0 Å². The van der Waals surface area contributed by atoms with Gasteiger partial charge in [-0.05, 0) is 44.4 Å². The van der Waals surface area contributed by atoms with Crippen molar-refractivity contribution in [3.63, 3.8) is 0 Å². The Morgan fingerprint density at radius 1 is 1.29 bits per heavy atom. The zero-order valence-electron chi connectivity index (χ0n) is 13.9. The molecular weight excluding hydrogens is 262 g/mol. The molecule has 0 aromatic carbocycles. The van der Waals surface area contributed by atoms with E-state index in [-0.39, 0.29) is 5.60 Å². The third-order valence-electron chi connectivity index (χ3n) is 4.16. The van der Waals surface area contributed by atoms with Gasteiger partial charge in [-0.3, -0.25) is 0 Å².